The molecule has 0 radical (unpaired) electrons. The Labute approximate surface area is 229 Å². The van der Waals surface area contributed by atoms with Gasteiger partial charge in [-0.3, -0.25) is 19.3 Å². The Morgan fingerprint density at radius 1 is 0.714 bits per heavy atom. The van der Waals surface area contributed by atoms with Crippen molar-refractivity contribution in [3.05, 3.63) is 94.8 Å². The second kappa shape index (κ2) is 8.79. The van der Waals surface area contributed by atoms with Gasteiger partial charge >= 0.3 is 0 Å². The second-order valence-electron chi connectivity index (χ2n) is 8.41. The minimum atomic E-state index is -1.11. The largest absolute Gasteiger partial charge is 0.300 e. The number of amides is 3. The zero-order chi connectivity index (χ0) is 25.3. The molecule has 3 aromatic carbocycles. The third-order valence-corrected chi connectivity index (χ3v) is 8.73. The summed E-state index contributed by atoms with van der Waals surface area (Å²) < 4.78 is 0.792. The van der Waals surface area contributed by atoms with Crippen molar-refractivity contribution < 1.29 is 14.4 Å². The molecular weight excluding hydrogens is 598 g/mol. The molecule has 35 heavy (non-hydrogen) atoms. The first-order chi connectivity index (χ1) is 16.5. The molecule has 0 aliphatic carbocycles. The monoisotopic (exact) mass is 610 g/mol. The predicted molar refractivity (Wildman–Crippen MR) is 141 cm³/mol. The Balaban J connectivity index is 1.65. The normalized spacial score (nSPS) is 19.3. The number of hydrogen-bond donors (Lipinski definition) is 0. The summed E-state index contributed by atoms with van der Waals surface area (Å²) in [6, 6.07) is 11.3. The number of nitrogens with zero attached hydrogens (tertiary/aromatic N) is 2. The highest BCUT2D eigenvalue weighted by atomic mass is 79.9. The lowest BCUT2D eigenvalue weighted by Gasteiger charge is -2.50. The summed E-state index contributed by atoms with van der Waals surface area (Å²) in [5, 5.41) is -0.594. The molecule has 2 aliphatic rings. The average Bonchev–Trinajstić information content (AvgIpc) is 3.07. The molecule has 3 aromatic rings. The van der Waals surface area contributed by atoms with Crippen LogP contribution in [0.2, 0.25) is 20.1 Å². The molecule has 0 aromatic heterocycles. The zero-order valence-electron chi connectivity index (χ0n) is 18.2. The van der Waals surface area contributed by atoms with E-state index in [0.717, 1.165) is 26.1 Å². The molecule has 0 N–H and O–H groups in total. The number of β-lactam (4-membered cyclic amide) rings is 1. The van der Waals surface area contributed by atoms with Gasteiger partial charge in [-0.2, -0.15) is 0 Å². The first-order valence-electron chi connectivity index (χ1n) is 10.4. The Morgan fingerprint density at radius 3 is 1.86 bits per heavy atom. The van der Waals surface area contributed by atoms with E-state index >= 15 is 0 Å². The van der Waals surface area contributed by atoms with E-state index in [2.05, 4.69) is 15.9 Å². The van der Waals surface area contributed by atoms with Gasteiger partial charge in [0, 0.05) is 10.2 Å². The molecule has 178 valence electrons. The van der Waals surface area contributed by atoms with E-state index in [1.165, 1.54) is 0 Å². The van der Waals surface area contributed by atoms with Gasteiger partial charge in [0.05, 0.1) is 37.3 Å². The van der Waals surface area contributed by atoms with Crippen LogP contribution in [0, 0.1) is 13.8 Å². The summed E-state index contributed by atoms with van der Waals surface area (Å²) >= 11 is 28.4. The Kier molecular flexibility index (Phi) is 6.17. The average molecular weight is 613 g/mol. The van der Waals surface area contributed by atoms with Gasteiger partial charge in [-0.05, 0) is 54.8 Å². The van der Waals surface area contributed by atoms with Crippen LogP contribution >= 0.6 is 62.3 Å². The van der Waals surface area contributed by atoms with Crippen LogP contribution in [0.25, 0.3) is 0 Å². The molecule has 1 fully saturated rings. The lowest BCUT2D eigenvalue weighted by atomic mass is 9.86. The first-order valence-corrected chi connectivity index (χ1v) is 12.7. The molecule has 10 heteroatoms. The molecule has 0 bridgehead atoms. The van der Waals surface area contributed by atoms with Gasteiger partial charge in [0.2, 0.25) is 0 Å². The van der Waals surface area contributed by atoms with Crippen LogP contribution in [-0.4, -0.2) is 28.7 Å². The molecule has 1 saturated heterocycles. The smallest absolute Gasteiger partial charge is 0.264 e. The minimum Gasteiger partial charge on any atom is -0.300 e. The van der Waals surface area contributed by atoms with Crippen molar-refractivity contribution in [2.75, 3.05) is 4.90 Å². The predicted octanol–water partition coefficient (Wildman–Crippen LogP) is 7.43. The topological polar surface area (TPSA) is 57.7 Å². The lowest BCUT2D eigenvalue weighted by Crippen LogP contribution is -2.67. The highest BCUT2D eigenvalue weighted by Gasteiger charge is 2.58. The number of imide groups is 1. The molecule has 2 unspecified atom stereocenters. The van der Waals surface area contributed by atoms with Crippen LogP contribution in [0.3, 0.4) is 0 Å². The highest BCUT2D eigenvalue weighted by molar-refractivity contribution is 9.10. The lowest BCUT2D eigenvalue weighted by molar-refractivity contribution is -0.130. The standard InChI is InChI=1S/C25H15BrCl4N2O3/c1-10-6-7-14(8-11(10)2)31-21(12-4-3-5-13(26)9-12)22(25(31)35)32-23(33)15-16(24(32)34)18(28)20(30)19(29)17(15)27/h3-9,21-22H,1-2H3. The third kappa shape index (κ3) is 3.61. The van der Waals surface area contributed by atoms with E-state index in [1.807, 2.05) is 56.3 Å². The molecular formula is C25H15BrCl4N2O3. The van der Waals surface area contributed by atoms with Crippen LogP contribution in [0.5, 0.6) is 0 Å². The maximum atomic E-state index is 13.6. The summed E-state index contributed by atoms with van der Waals surface area (Å²) in [5.41, 5.74) is 3.19. The fourth-order valence-corrected chi connectivity index (χ4v) is 5.96. The number of hydrogen-bond acceptors (Lipinski definition) is 3. The Hall–Kier alpha value is -2.09. The number of anilines is 1. The molecule has 0 saturated carbocycles. The van der Waals surface area contributed by atoms with E-state index < -0.39 is 29.8 Å². The zero-order valence-corrected chi connectivity index (χ0v) is 22.8. The van der Waals surface area contributed by atoms with E-state index in [9.17, 15) is 14.4 Å². The summed E-state index contributed by atoms with van der Waals surface area (Å²) in [7, 11) is 0. The van der Waals surface area contributed by atoms with Crippen molar-refractivity contribution in [1.82, 2.24) is 4.90 Å². The van der Waals surface area contributed by atoms with E-state index in [0.29, 0.717) is 5.69 Å². The van der Waals surface area contributed by atoms with Crippen LogP contribution < -0.4 is 4.90 Å². The van der Waals surface area contributed by atoms with E-state index in [-0.39, 0.29) is 31.2 Å². The maximum absolute atomic E-state index is 13.6. The van der Waals surface area contributed by atoms with Crippen LogP contribution in [0.15, 0.2) is 46.9 Å². The molecule has 5 rings (SSSR count). The summed E-state index contributed by atoms with van der Waals surface area (Å²) in [6.45, 7) is 3.94. The summed E-state index contributed by atoms with van der Waals surface area (Å²) in [5.74, 6) is -1.89. The third-order valence-electron chi connectivity index (χ3n) is 6.44. The van der Waals surface area contributed by atoms with Gasteiger partial charge in [-0.15, -0.1) is 0 Å². The maximum Gasteiger partial charge on any atom is 0.264 e. The molecule has 3 amide bonds. The Morgan fingerprint density at radius 2 is 1.31 bits per heavy atom. The van der Waals surface area contributed by atoms with Gasteiger partial charge < -0.3 is 4.90 Å². The fraction of sp³-hybridized carbons (Fsp3) is 0.160. The number of carbonyl (C=O) groups excluding carboxylic acids is 3. The fourth-order valence-electron chi connectivity index (χ4n) is 4.53. The van der Waals surface area contributed by atoms with Crippen LogP contribution in [0.4, 0.5) is 5.69 Å². The van der Waals surface area contributed by atoms with E-state index in [1.54, 1.807) is 4.90 Å². The molecule has 2 atom stereocenters. The molecule has 2 aliphatic heterocycles. The number of carbonyl (C=O) groups is 3. The van der Waals surface area contributed by atoms with Crippen molar-refractivity contribution in [1.29, 1.82) is 0 Å². The molecule has 2 heterocycles. The second-order valence-corrected chi connectivity index (χ2v) is 10.8. The van der Waals surface area contributed by atoms with Gasteiger partial charge in [0.15, 0.2) is 0 Å². The van der Waals surface area contributed by atoms with Crippen LogP contribution in [-0.2, 0) is 4.79 Å². The first kappa shape index (κ1) is 24.6. The van der Waals surface area contributed by atoms with E-state index in [4.69, 9.17) is 46.4 Å². The molecule has 0 spiro atoms. The minimum absolute atomic E-state index is 0.125. The SMILES string of the molecule is Cc1ccc(N2C(=O)C(N3C(=O)c4c(Cl)c(Cl)c(Cl)c(Cl)c4C3=O)C2c2cccc(Br)c2)cc1C. The number of fused-ring (bicyclic) bond motifs is 1. The van der Waals surface area contributed by atoms with Crippen molar-refractivity contribution >= 4 is 85.7 Å². The Bertz CT molecular complexity index is 1430. The highest BCUT2D eigenvalue weighted by Crippen LogP contribution is 2.49. The van der Waals surface area contributed by atoms with Gasteiger partial charge in [0.1, 0.15) is 6.04 Å². The van der Waals surface area contributed by atoms with Gasteiger partial charge in [-0.1, -0.05) is 80.5 Å². The van der Waals surface area contributed by atoms with Crippen molar-refractivity contribution in [3.8, 4) is 0 Å². The summed E-state index contributed by atoms with van der Waals surface area (Å²) in [6.07, 6.45) is 0. The quantitative estimate of drug-likeness (QED) is 0.134. The summed E-state index contributed by atoms with van der Waals surface area (Å²) in [4.78, 5) is 43.1. The molecule has 5 nitrogen and oxygen atoms in total. The van der Waals surface area contributed by atoms with Gasteiger partial charge in [0.25, 0.3) is 17.7 Å². The van der Waals surface area contributed by atoms with Crippen molar-refractivity contribution in [2.45, 2.75) is 25.9 Å². The van der Waals surface area contributed by atoms with Gasteiger partial charge in [-0.25, -0.2) is 0 Å². The van der Waals surface area contributed by atoms with Crippen molar-refractivity contribution in [3.63, 3.8) is 0 Å². The van der Waals surface area contributed by atoms with Crippen molar-refractivity contribution in [2.24, 2.45) is 0 Å². The van der Waals surface area contributed by atoms with Crippen LogP contribution in [0.1, 0.15) is 43.4 Å². The number of halogens is 5. The number of benzene rings is 3. The number of rotatable bonds is 3. The number of aryl methyl sites for hydroxylation is 2.